The van der Waals surface area contributed by atoms with Crippen molar-refractivity contribution in [3.8, 4) is 0 Å². The van der Waals surface area contributed by atoms with Crippen LogP contribution in [0, 0.1) is 13.8 Å². The van der Waals surface area contributed by atoms with E-state index in [9.17, 15) is 0 Å². The molecule has 0 radical (unpaired) electrons. The SMILES string of the molecule is Cc1nc(C)c(C(C)Nc2nc(Cl)nc3ccccc23)s1. The molecule has 0 aliphatic rings. The summed E-state index contributed by atoms with van der Waals surface area (Å²) in [6, 6.07) is 7.95. The Balaban J connectivity index is 1.99. The van der Waals surface area contributed by atoms with Crippen LogP contribution in [0.2, 0.25) is 5.28 Å². The maximum atomic E-state index is 6.02. The fraction of sp³-hybridized carbons (Fsp3) is 0.267. The number of hydrogen-bond acceptors (Lipinski definition) is 5. The Labute approximate surface area is 132 Å². The van der Waals surface area contributed by atoms with Crippen LogP contribution in [0.4, 0.5) is 5.82 Å². The molecule has 0 saturated carbocycles. The lowest BCUT2D eigenvalue weighted by atomic mass is 10.2. The molecule has 108 valence electrons. The molecule has 21 heavy (non-hydrogen) atoms. The zero-order chi connectivity index (χ0) is 15.0. The second kappa shape index (κ2) is 5.58. The first kappa shape index (κ1) is 14.2. The van der Waals surface area contributed by atoms with E-state index in [1.54, 1.807) is 11.3 Å². The normalized spacial score (nSPS) is 12.6. The van der Waals surface area contributed by atoms with E-state index in [0.717, 1.165) is 27.4 Å². The lowest BCUT2D eigenvalue weighted by molar-refractivity contribution is 0.881. The van der Waals surface area contributed by atoms with E-state index in [2.05, 4.69) is 27.2 Å². The summed E-state index contributed by atoms with van der Waals surface area (Å²) in [4.78, 5) is 14.3. The minimum absolute atomic E-state index is 0.116. The summed E-state index contributed by atoms with van der Waals surface area (Å²) in [6.07, 6.45) is 0. The zero-order valence-electron chi connectivity index (χ0n) is 12.0. The standard InChI is InChI=1S/C15H15ClN4S/c1-8-13(21-10(3)17-8)9(2)18-14-11-6-4-5-7-12(11)19-15(16)20-14/h4-7,9H,1-3H3,(H,18,19,20). The highest BCUT2D eigenvalue weighted by atomic mass is 35.5. The van der Waals surface area contributed by atoms with E-state index in [4.69, 9.17) is 11.6 Å². The average molecular weight is 319 g/mol. The highest BCUT2D eigenvalue weighted by molar-refractivity contribution is 7.11. The van der Waals surface area contributed by atoms with Gasteiger partial charge in [0.25, 0.3) is 0 Å². The predicted molar refractivity (Wildman–Crippen MR) is 88.2 cm³/mol. The van der Waals surface area contributed by atoms with Gasteiger partial charge < -0.3 is 5.32 Å². The van der Waals surface area contributed by atoms with Crippen molar-refractivity contribution >= 4 is 39.7 Å². The number of hydrogen-bond donors (Lipinski definition) is 1. The Hall–Kier alpha value is -1.72. The van der Waals surface area contributed by atoms with E-state index in [-0.39, 0.29) is 11.3 Å². The number of nitrogens with one attached hydrogen (secondary N) is 1. The smallest absolute Gasteiger partial charge is 0.224 e. The fourth-order valence-electron chi connectivity index (χ4n) is 2.38. The number of halogens is 1. The second-order valence-corrected chi connectivity index (χ2v) is 6.48. The molecule has 0 spiro atoms. The summed E-state index contributed by atoms with van der Waals surface area (Å²) in [5.41, 5.74) is 1.89. The maximum Gasteiger partial charge on any atom is 0.224 e. The molecule has 0 bridgehead atoms. The number of fused-ring (bicyclic) bond motifs is 1. The third kappa shape index (κ3) is 2.84. The number of benzene rings is 1. The third-order valence-corrected chi connectivity index (χ3v) is 4.69. The molecule has 1 unspecified atom stereocenters. The van der Waals surface area contributed by atoms with Crippen LogP contribution in [-0.4, -0.2) is 15.0 Å². The fourth-order valence-corrected chi connectivity index (χ4v) is 3.48. The van der Waals surface area contributed by atoms with Crippen molar-refractivity contribution in [2.45, 2.75) is 26.8 Å². The molecule has 1 atom stereocenters. The van der Waals surface area contributed by atoms with Crippen molar-refractivity contribution < 1.29 is 0 Å². The molecule has 1 N–H and O–H groups in total. The minimum atomic E-state index is 0.116. The molecule has 0 aliphatic heterocycles. The van der Waals surface area contributed by atoms with Crippen LogP contribution in [0.5, 0.6) is 0 Å². The van der Waals surface area contributed by atoms with Gasteiger partial charge in [0.2, 0.25) is 5.28 Å². The molecule has 3 rings (SSSR count). The number of aromatic nitrogens is 3. The van der Waals surface area contributed by atoms with Gasteiger partial charge >= 0.3 is 0 Å². The average Bonchev–Trinajstić information content (AvgIpc) is 2.77. The maximum absolute atomic E-state index is 6.02. The molecule has 2 heterocycles. The van der Waals surface area contributed by atoms with Gasteiger partial charge in [0.1, 0.15) is 5.82 Å². The Morgan fingerprint density at radius 1 is 1.14 bits per heavy atom. The lowest BCUT2D eigenvalue weighted by Gasteiger charge is -2.15. The quantitative estimate of drug-likeness (QED) is 0.721. The van der Waals surface area contributed by atoms with Crippen molar-refractivity contribution in [3.63, 3.8) is 0 Å². The molecular formula is C15H15ClN4S. The first-order valence-corrected chi connectivity index (χ1v) is 7.87. The van der Waals surface area contributed by atoms with Crippen molar-refractivity contribution in [1.82, 2.24) is 15.0 Å². The zero-order valence-corrected chi connectivity index (χ0v) is 13.6. The van der Waals surface area contributed by atoms with Gasteiger partial charge in [-0.25, -0.2) is 15.0 Å². The van der Waals surface area contributed by atoms with Gasteiger partial charge in [0.05, 0.1) is 22.3 Å². The van der Waals surface area contributed by atoms with Gasteiger partial charge in [-0.3, -0.25) is 0 Å². The van der Waals surface area contributed by atoms with Gasteiger partial charge in [-0.15, -0.1) is 11.3 Å². The summed E-state index contributed by atoms with van der Waals surface area (Å²) >= 11 is 7.72. The number of para-hydroxylation sites is 1. The van der Waals surface area contributed by atoms with Crippen LogP contribution >= 0.6 is 22.9 Å². The first-order chi connectivity index (χ1) is 10.0. The molecule has 3 aromatic rings. The van der Waals surface area contributed by atoms with E-state index in [0.29, 0.717) is 0 Å². The molecule has 0 fully saturated rings. The van der Waals surface area contributed by atoms with E-state index in [1.807, 2.05) is 38.1 Å². The minimum Gasteiger partial charge on any atom is -0.362 e. The van der Waals surface area contributed by atoms with Crippen LogP contribution < -0.4 is 5.32 Å². The van der Waals surface area contributed by atoms with Crippen molar-refractivity contribution in [2.75, 3.05) is 5.32 Å². The summed E-state index contributed by atoms with van der Waals surface area (Å²) in [5, 5.41) is 5.72. The first-order valence-electron chi connectivity index (χ1n) is 6.67. The molecule has 6 heteroatoms. The Bertz CT molecular complexity index is 799. The molecule has 4 nitrogen and oxygen atoms in total. The van der Waals surface area contributed by atoms with Crippen molar-refractivity contribution in [2.24, 2.45) is 0 Å². The highest BCUT2D eigenvalue weighted by Crippen LogP contribution is 2.30. The summed E-state index contributed by atoms with van der Waals surface area (Å²) in [5.74, 6) is 0.753. The summed E-state index contributed by atoms with van der Waals surface area (Å²) < 4.78 is 0. The number of anilines is 1. The molecule has 1 aromatic carbocycles. The number of aryl methyl sites for hydroxylation is 2. The molecule has 2 aromatic heterocycles. The summed E-state index contributed by atoms with van der Waals surface area (Å²) in [7, 11) is 0. The number of thiazole rings is 1. The van der Waals surface area contributed by atoms with Crippen LogP contribution in [-0.2, 0) is 0 Å². The van der Waals surface area contributed by atoms with Crippen LogP contribution in [0.1, 0.15) is 28.5 Å². The highest BCUT2D eigenvalue weighted by Gasteiger charge is 2.15. The van der Waals surface area contributed by atoms with Crippen LogP contribution in [0.15, 0.2) is 24.3 Å². The van der Waals surface area contributed by atoms with Crippen LogP contribution in [0.25, 0.3) is 10.9 Å². The van der Waals surface area contributed by atoms with Gasteiger partial charge in [-0.05, 0) is 44.5 Å². The Kier molecular flexibility index (Phi) is 3.78. The van der Waals surface area contributed by atoms with Crippen LogP contribution in [0.3, 0.4) is 0 Å². The topological polar surface area (TPSA) is 50.7 Å². The Morgan fingerprint density at radius 3 is 2.62 bits per heavy atom. The Morgan fingerprint density at radius 2 is 1.90 bits per heavy atom. The molecule has 0 amide bonds. The molecule has 0 saturated heterocycles. The van der Waals surface area contributed by atoms with E-state index >= 15 is 0 Å². The van der Waals surface area contributed by atoms with E-state index < -0.39 is 0 Å². The largest absolute Gasteiger partial charge is 0.362 e. The number of nitrogens with zero attached hydrogens (tertiary/aromatic N) is 3. The third-order valence-electron chi connectivity index (χ3n) is 3.26. The molecule has 0 aliphatic carbocycles. The van der Waals surface area contributed by atoms with Gasteiger partial charge in [0, 0.05) is 10.3 Å². The lowest BCUT2D eigenvalue weighted by Crippen LogP contribution is -2.08. The number of rotatable bonds is 3. The second-order valence-electron chi connectivity index (χ2n) is 4.91. The molecular weight excluding hydrogens is 304 g/mol. The van der Waals surface area contributed by atoms with Crippen molar-refractivity contribution in [3.05, 3.63) is 45.1 Å². The van der Waals surface area contributed by atoms with Gasteiger partial charge in [-0.2, -0.15) is 0 Å². The van der Waals surface area contributed by atoms with Crippen molar-refractivity contribution in [1.29, 1.82) is 0 Å². The van der Waals surface area contributed by atoms with Gasteiger partial charge in [0.15, 0.2) is 0 Å². The van der Waals surface area contributed by atoms with Gasteiger partial charge in [-0.1, -0.05) is 12.1 Å². The summed E-state index contributed by atoms with van der Waals surface area (Å²) in [6.45, 7) is 6.15. The van der Waals surface area contributed by atoms with E-state index in [1.165, 1.54) is 4.88 Å². The predicted octanol–water partition coefficient (Wildman–Crippen LogP) is 4.53. The monoisotopic (exact) mass is 318 g/mol.